The van der Waals surface area contributed by atoms with Gasteiger partial charge >= 0.3 is 0 Å². The summed E-state index contributed by atoms with van der Waals surface area (Å²) in [5.74, 6) is -0.0550. The zero-order valence-corrected chi connectivity index (χ0v) is 8.83. The fourth-order valence-electron chi connectivity index (χ4n) is 1.65. The van der Waals surface area contributed by atoms with E-state index < -0.39 is 6.17 Å². The van der Waals surface area contributed by atoms with Gasteiger partial charge < -0.3 is 5.73 Å². The third kappa shape index (κ3) is 2.81. The van der Waals surface area contributed by atoms with Crippen LogP contribution < -0.4 is 5.73 Å². The highest BCUT2D eigenvalue weighted by atomic mass is 19.1. The van der Waals surface area contributed by atoms with Crippen LogP contribution in [0.25, 0.3) is 0 Å². The van der Waals surface area contributed by atoms with Gasteiger partial charge in [0.1, 0.15) is 6.17 Å². The van der Waals surface area contributed by atoms with Crippen LogP contribution in [0.1, 0.15) is 30.4 Å². The Morgan fingerprint density at radius 3 is 2.29 bits per heavy atom. The lowest BCUT2D eigenvalue weighted by molar-refractivity contribution is 0.297. The monoisotopic (exact) mass is 195 g/mol. The van der Waals surface area contributed by atoms with Crippen molar-refractivity contribution in [1.82, 2.24) is 0 Å². The van der Waals surface area contributed by atoms with Gasteiger partial charge in [0, 0.05) is 5.92 Å². The second-order valence-corrected chi connectivity index (χ2v) is 3.77. The molecule has 0 aliphatic carbocycles. The summed E-state index contributed by atoms with van der Waals surface area (Å²) in [6.07, 6.45) is -0.123. The third-order valence-electron chi connectivity index (χ3n) is 2.54. The van der Waals surface area contributed by atoms with Crippen molar-refractivity contribution >= 4 is 0 Å². The Morgan fingerprint density at radius 2 is 1.86 bits per heavy atom. The van der Waals surface area contributed by atoms with Crippen molar-refractivity contribution in [1.29, 1.82) is 0 Å². The Balaban J connectivity index is 2.82. The number of alkyl halides is 1. The number of hydrogen-bond donors (Lipinski definition) is 1. The largest absolute Gasteiger partial charge is 0.330 e. The highest BCUT2D eigenvalue weighted by Gasteiger charge is 2.17. The molecule has 0 fully saturated rings. The highest BCUT2D eigenvalue weighted by Crippen LogP contribution is 2.25. The maximum Gasteiger partial charge on any atom is 0.104 e. The van der Waals surface area contributed by atoms with Crippen molar-refractivity contribution in [3.05, 3.63) is 35.4 Å². The molecule has 0 bridgehead atoms. The smallest absolute Gasteiger partial charge is 0.104 e. The number of benzene rings is 1. The van der Waals surface area contributed by atoms with Gasteiger partial charge in [0.15, 0.2) is 0 Å². The van der Waals surface area contributed by atoms with Crippen molar-refractivity contribution in [3.8, 4) is 0 Å². The first-order chi connectivity index (χ1) is 6.65. The van der Waals surface area contributed by atoms with Crippen LogP contribution in [0.3, 0.4) is 0 Å². The van der Waals surface area contributed by atoms with Gasteiger partial charge in [-0.25, -0.2) is 4.39 Å². The van der Waals surface area contributed by atoms with Gasteiger partial charge in [-0.15, -0.1) is 0 Å². The first kappa shape index (κ1) is 11.2. The summed E-state index contributed by atoms with van der Waals surface area (Å²) < 4.78 is 13.3. The Labute approximate surface area is 85.1 Å². The molecule has 0 saturated heterocycles. The van der Waals surface area contributed by atoms with E-state index in [1.54, 1.807) is 6.92 Å². The zero-order chi connectivity index (χ0) is 10.6. The minimum Gasteiger partial charge on any atom is -0.330 e. The van der Waals surface area contributed by atoms with Crippen LogP contribution >= 0.6 is 0 Å². The molecule has 0 aliphatic heterocycles. The molecule has 2 N–H and O–H groups in total. The van der Waals surface area contributed by atoms with E-state index in [1.165, 1.54) is 5.56 Å². The third-order valence-corrected chi connectivity index (χ3v) is 2.54. The molecule has 1 aromatic rings. The van der Waals surface area contributed by atoms with Crippen molar-refractivity contribution < 1.29 is 4.39 Å². The zero-order valence-electron chi connectivity index (χ0n) is 8.83. The average Bonchev–Trinajstić information content (AvgIpc) is 2.15. The van der Waals surface area contributed by atoms with E-state index in [2.05, 4.69) is 0 Å². The standard InChI is InChI=1S/C12H18FN/c1-9-3-5-11(6-4-9)12(7-8-14)10(2)13/h3-6,10,12H,7-8,14H2,1-2H3. The number of halogens is 1. The fraction of sp³-hybridized carbons (Fsp3) is 0.500. The summed E-state index contributed by atoms with van der Waals surface area (Å²) in [6, 6.07) is 8.01. The summed E-state index contributed by atoms with van der Waals surface area (Å²) >= 11 is 0. The SMILES string of the molecule is Cc1ccc(C(CCN)C(C)F)cc1. The van der Waals surface area contributed by atoms with E-state index in [1.807, 2.05) is 31.2 Å². The highest BCUT2D eigenvalue weighted by molar-refractivity contribution is 5.25. The van der Waals surface area contributed by atoms with Gasteiger partial charge in [-0.1, -0.05) is 29.8 Å². The molecule has 14 heavy (non-hydrogen) atoms. The van der Waals surface area contributed by atoms with Crippen LogP contribution in [-0.2, 0) is 0 Å². The molecule has 2 unspecified atom stereocenters. The minimum absolute atomic E-state index is 0.0550. The van der Waals surface area contributed by atoms with Crippen LogP contribution in [-0.4, -0.2) is 12.7 Å². The molecular formula is C12H18FN. The van der Waals surface area contributed by atoms with Gasteiger partial charge in [0.2, 0.25) is 0 Å². The maximum atomic E-state index is 13.3. The molecule has 1 nitrogen and oxygen atoms in total. The lowest BCUT2D eigenvalue weighted by Crippen LogP contribution is -2.15. The molecule has 78 valence electrons. The molecule has 1 rings (SSSR count). The average molecular weight is 195 g/mol. The van der Waals surface area contributed by atoms with Crippen molar-refractivity contribution in [3.63, 3.8) is 0 Å². The second-order valence-electron chi connectivity index (χ2n) is 3.77. The Hall–Kier alpha value is -0.890. The molecule has 2 atom stereocenters. The van der Waals surface area contributed by atoms with Gasteiger partial charge in [0.05, 0.1) is 0 Å². The Kier molecular flexibility index (Phi) is 4.08. The van der Waals surface area contributed by atoms with E-state index in [-0.39, 0.29) is 5.92 Å². The first-order valence-electron chi connectivity index (χ1n) is 5.06. The molecule has 0 spiro atoms. The fourth-order valence-corrected chi connectivity index (χ4v) is 1.65. The lowest BCUT2D eigenvalue weighted by atomic mass is 9.91. The molecule has 2 heteroatoms. The molecule has 0 amide bonds. The van der Waals surface area contributed by atoms with E-state index in [0.29, 0.717) is 13.0 Å². The molecule has 0 saturated carbocycles. The quantitative estimate of drug-likeness (QED) is 0.785. The van der Waals surface area contributed by atoms with Crippen molar-refractivity contribution in [2.45, 2.75) is 32.4 Å². The molecule has 1 aromatic carbocycles. The summed E-state index contributed by atoms with van der Waals surface area (Å²) in [7, 11) is 0. The summed E-state index contributed by atoms with van der Waals surface area (Å²) in [6.45, 7) is 4.16. The number of hydrogen-bond acceptors (Lipinski definition) is 1. The van der Waals surface area contributed by atoms with Crippen LogP contribution in [0, 0.1) is 6.92 Å². The molecular weight excluding hydrogens is 177 g/mol. The summed E-state index contributed by atoms with van der Waals surface area (Å²) in [5.41, 5.74) is 7.72. The van der Waals surface area contributed by atoms with E-state index >= 15 is 0 Å². The molecule has 0 radical (unpaired) electrons. The molecule has 0 heterocycles. The topological polar surface area (TPSA) is 26.0 Å². The van der Waals surface area contributed by atoms with Crippen LogP contribution in [0.2, 0.25) is 0 Å². The molecule has 0 aromatic heterocycles. The Morgan fingerprint density at radius 1 is 1.29 bits per heavy atom. The van der Waals surface area contributed by atoms with Gasteiger partial charge in [-0.05, 0) is 32.4 Å². The minimum atomic E-state index is -0.832. The first-order valence-corrected chi connectivity index (χ1v) is 5.06. The van der Waals surface area contributed by atoms with Gasteiger partial charge in [0.25, 0.3) is 0 Å². The summed E-state index contributed by atoms with van der Waals surface area (Å²) in [4.78, 5) is 0. The van der Waals surface area contributed by atoms with Gasteiger partial charge in [-0.2, -0.15) is 0 Å². The Bertz CT molecular complexity index is 266. The van der Waals surface area contributed by atoms with Crippen molar-refractivity contribution in [2.24, 2.45) is 5.73 Å². The number of rotatable bonds is 4. The number of nitrogens with two attached hydrogens (primary N) is 1. The van der Waals surface area contributed by atoms with Crippen molar-refractivity contribution in [2.75, 3.05) is 6.54 Å². The van der Waals surface area contributed by atoms with Crippen LogP contribution in [0.5, 0.6) is 0 Å². The lowest BCUT2D eigenvalue weighted by Gasteiger charge is -2.17. The van der Waals surface area contributed by atoms with E-state index in [4.69, 9.17) is 5.73 Å². The van der Waals surface area contributed by atoms with Crippen LogP contribution in [0.4, 0.5) is 4.39 Å². The summed E-state index contributed by atoms with van der Waals surface area (Å²) in [5, 5.41) is 0. The number of aryl methyl sites for hydroxylation is 1. The maximum absolute atomic E-state index is 13.3. The van der Waals surface area contributed by atoms with Crippen LogP contribution in [0.15, 0.2) is 24.3 Å². The predicted octanol–water partition coefficient (Wildman–Crippen LogP) is 2.79. The molecule has 0 aliphatic rings. The predicted molar refractivity (Wildman–Crippen MR) is 58.2 cm³/mol. The second kappa shape index (κ2) is 5.11. The van der Waals surface area contributed by atoms with Gasteiger partial charge in [-0.3, -0.25) is 0 Å². The van der Waals surface area contributed by atoms with E-state index in [9.17, 15) is 4.39 Å². The normalized spacial score (nSPS) is 15.1. The van der Waals surface area contributed by atoms with E-state index in [0.717, 1.165) is 5.56 Å².